The number of nitrogens with zero attached hydrogens (tertiary/aromatic N) is 3. The first-order valence-corrected chi connectivity index (χ1v) is 9.62. The van der Waals surface area contributed by atoms with E-state index in [0.717, 1.165) is 24.2 Å². The van der Waals surface area contributed by atoms with Gasteiger partial charge in [0.25, 0.3) is 0 Å². The first-order valence-electron chi connectivity index (χ1n) is 9.62. The van der Waals surface area contributed by atoms with Gasteiger partial charge in [0.2, 0.25) is 5.91 Å². The van der Waals surface area contributed by atoms with Crippen LogP contribution in [0.4, 0.5) is 0 Å². The van der Waals surface area contributed by atoms with Crippen molar-refractivity contribution in [3.63, 3.8) is 0 Å². The standard InChI is InChI=1S/C21H27N3O4/c1-14-4-5-19(15(2)12-14)28-11-8-20(25)23-9-6-17(7-10-23)24-16(3)18(13-22-24)21(26)27/h4-5,12-13,17H,6-11H2,1-3H3,(H,26,27). The third-order valence-electron chi connectivity index (χ3n) is 5.34. The molecule has 0 saturated carbocycles. The van der Waals surface area contributed by atoms with Crippen LogP contribution in [0.25, 0.3) is 0 Å². The number of hydrogen-bond acceptors (Lipinski definition) is 4. The van der Waals surface area contributed by atoms with E-state index in [1.54, 1.807) is 11.6 Å². The lowest BCUT2D eigenvalue weighted by Crippen LogP contribution is -2.39. The maximum absolute atomic E-state index is 12.5. The van der Waals surface area contributed by atoms with E-state index in [-0.39, 0.29) is 17.5 Å². The van der Waals surface area contributed by atoms with Crippen molar-refractivity contribution >= 4 is 11.9 Å². The molecular formula is C21H27N3O4. The van der Waals surface area contributed by atoms with Gasteiger partial charge in [0, 0.05) is 13.1 Å². The molecule has 28 heavy (non-hydrogen) atoms. The molecule has 1 aliphatic heterocycles. The lowest BCUT2D eigenvalue weighted by Gasteiger charge is -2.32. The first-order chi connectivity index (χ1) is 13.4. The lowest BCUT2D eigenvalue weighted by atomic mass is 10.0. The van der Waals surface area contributed by atoms with Crippen molar-refractivity contribution in [3.8, 4) is 5.75 Å². The Hall–Kier alpha value is -2.83. The second kappa shape index (κ2) is 8.46. The predicted octanol–water partition coefficient (Wildman–Crippen LogP) is 3.14. The van der Waals surface area contributed by atoms with Gasteiger partial charge in [-0.1, -0.05) is 17.7 Å². The molecule has 7 nitrogen and oxygen atoms in total. The maximum Gasteiger partial charge on any atom is 0.339 e. The van der Waals surface area contributed by atoms with E-state index >= 15 is 0 Å². The monoisotopic (exact) mass is 385 g/mol. The molecule has 2 heterocycles. The number of carbonyl (C=O) groups is 2. The number of aromatic carboxylic acids is 1. The van der Waals surface area contributed by atoms with Crippen molar-refractivity contribution in [3.05, 3.63) is 46.8 Å². The number of carbonyl (C=O) groups excluding carboxylic acids is 1. The van der Waals surface area contributed by atoms with Crippen molar-refractivity contribution in [2.75, 3.05) is 19.7 Å². The van der Waals surface area contributed by atoms with E-state index in [1.165, 1.54) is 11.8 Å². The predicted molar refractivity (Wildman–Crippen MR) is 105 cm³/mol. The van der Waals surface area contributed by atoms with Gasteiger partial charge < -0.3 is 14.7 Å². The van der Waals surface area contributed by atoms with Gasteiger partial charge in [0.05, 0.1) is 31.0 Å². The van der Waals surface area contributed by atoms with E-state index < -0.39 is 5.97 Å². The number of piperidine rings is 1. The molecule has 1 aromatic carbocycles. The smallest absolute Gasteiger partial charge is 0.339 e. The molecule has 0 atom stereocenters. The molecule has 1 fully saturated rings. The Morgan fingerprint density at radius 2 is 1.93 bits per heavy atom. The molecule has 2 aromatic rings. The molecule has 0 spiro atoms. The average molecular weight is 385 g/mol. The van der Waals surface area contributed by atoms with Crippen LogP contribution in [-0.4, -0.2) is 51.4 Å². The molecule has 1 aliphatic rings. The Labute approximate surface area is 164 Å². The highest BCUT2D eigenvalue weighted by Crippen LogP contribution is 2.25. The third kappa shape index (κ3) is 4.35. The van der Waals surface area contributed by atoms with Crippen LogP contribution in [-0.2, 0) is 4.79 Å². The highest BCUT2D eigenvalue weighted by Gasteiger charge is 2.26. The highest BCUT2D eigenvalue weighted by atomic mass is 16.5. The minimum Gasteiger partial charge on any atom is -0.493 e. The zero-order valence-electron chi connectivity index (χ0n) is 16.6. The SMILES string of the molecule is Cc1ccc(OCCC(=O)N2CCC(n3ncc(C(=O)O)c3C)CC2)c(C)c1. The van der Waals surface area contributed by atoms with Gasteiger partial charge in [-0.2, -0.15) is 5.10 Å². The van der Waals surface area contributed by atoms with Crippen LogP contribution in [0.3, 0.4) is 0 Å². The number of hydrogen-bond donors (Lipinski definition) is 1. The van der Waals surface area contributed by atoms with Crippen molar-refractivity contribution in [2.24, 2.45) is 0 Å². The molecule has 1 saturated heterocycles. The van der Waals surface area contributed by atoms with Gasteiger partial charge in [0.1, 0.15) is 11.3 Å². The number of likely N-dealkylation sites (tertiary alicyclic amines) is 1. The highest BCUT2D eigenvalue weighted by molar-refractivity contribution is 5.88. The van der Waals surface area contributed by atoms with Crippen LogP contribution in [0.2, 0.25) is 0 Å². The number of benzene rings is 1. The summed E-state index contributed by atoms with van der Waals surface area (Å²) in [6.07, 6.45) is 3.29. The maximum atomic E-state index is 12.5. The van der Waals surface area contributed by atoms with Crippen LogP contribution in [0.1, 0.15) is 52.5 Å². The van der Waals surface area contributed by atoms with Crippen LogP contribution in [0.5, 0.6) is 5.75 Å². The van der Waals surface area contributed by atoms with E-state index in [1.807, 2.05) is 30.9 Å². The van der Waals surface area contributed by atoms with Crippen LogP contribution < -0.4 is 4.74 Å². The normalized spacial score (nSPS) is 14.9. The number of ether oxygens (including phenoxy) is 1. The second-order valence-electron chi connectivity index (χ2n) is 7.37. The van der Waals surface area contributed by atoms with E-state index in [2.05, 4.69) is 11.2 Å². The van der Waals surface area contributed by atoms with Gasteiger partial charge in [-0.15, -0.1) is 0 Å². The fourth-order valence-electron chi connectivity index (χ4n) is 3.73. The Bertz CT molecular complexity index is 867. The Morgan fingerprint density at radius 1 is 1.21 bits per heavy atom. The molecule has 150 valence electrons. The number of amides is 1. The van der Waals surface area contributed by atoms with Crippen LogP contribution in [0.15, 0.2) is 24.4 Å². The Balaban J connectivity index is 1.48. The van der Waals surface area contributed by atoms with Crippen molar-refractivity contribution in [1.82, 2.24) is 14.7 Å². The van der Waals surface area contributed by atoms with Gasteiger partial charge >= 0.3 is 5.97 Å². The summed E-state index contributed by atoms with van der Waals surface area (Å²) in [6, 6.07) is 6.14. The molecule has 0 unspecified atom stereocenters. The molecule has 0 radical (unpaired) electrons. The summed E-state index contributed by atoms with van der Waals surface area (Å²) >= 11 is 0. The number of carboxylic acid groups (broad SMARTS) is 1. The number of carboxylic acids is 1. The third-order valence-corrected chi connectivity index (χ3v) is 5.34. The number of rotatable bonds is 6. The molecule has 0 aliphatic carbocycles. The van der Waals surface area contributed by atoms with Gasteiger partial charge in [0.15, 0.2) is 0 Å². The Kier molecular flexibility index (Phi) is 6.02. The van der Waals surface area contributed by atoms with E-state index in [9.17, 15) is 9.59 Å². The summed E-state index contributed by atoms with van der Waals surface area (Å²) in [4.78, 5) is 25.5. The summed E-state index contributed by atoms with van der Waals surface area (Å²) in [5.74, 6) is -0.0488. The first kappa shape index (κ1) is 19.9. The fraction of sp³-hybridized carbons (Fsp3) is 0.476. The molecule has 3 rings (SSSR count). The Morgan fingerprint density at radius 3 is 2.54 bits per heavy atom. The van der Waals surface area contributed by atoms with Crippen LogP contribution in [0, 0.1) is 20.8 Å². The minimum atomic E-state index is -0.958. The topological polar surface area (TPSA) is 84.7 Å². The fourth-order valence-corrected chi connectivity index (χ4v) is 3.73. The number of aryl methyl sites for hydroxylation is 2. The van der Waals surface area contributed by atoms with Crippen molar-refractivity contribution < 1.29 is 19.4 Å². The summed E-state index contributed by atoms with van der Waals surface area (Å²) in [6.45, 7) is 7.48. The molecular weight excluding hydrogens is 358 g/mol. The summed E-state index contributed by atoms with van der Waals surface area (Å²) in [5.41, 5.74) is 3.16. The summed E-state index contributed by atoms with van der Waals surface area (Å²) in [5, 5.41) is 13.4. The van der Waals surface area contributed by atoms with Crippen molar-refractivity contribution in [2.45, 2.75) is 46.1 Å². The van der Waals surface area contributed by atoms with E-state index in [4.69, 9.17) is 9.84 Å². The van der Waals surface area contributed by atoms with Crippen molar-refractivity contribution in [1.29, 1.82) is 0 Å². The van der Waals surface area contributed by atoms with Crippen LogP contribution >= 0.6 is 0 Å². The second-order valence-corrected chi connectivity index (χ2v) is 7.37. The van der Waals surface area contributed by atoms with E-state index in [0.29, 0.717) is 31.8 Å². The van der Waals surface area contributed by atoms with Gasteiger partial charge in [-0.3, -0.25) is 9.48 Å². The molecule has 7 heteroatoms. The molecule has 0 bridgehead atoms. The molecule has 1 N–H and O–H groups in total. The largest absolute Gasteiger partial charge is 0.493 e. The lowest BCUT2D eigenvalue weighted by molar-refractivity contribution is -0.133. The average Bonchev–Trinajstić information content (AvgIpc) is 3.05. The number of aromatic nitrogens is 2. The van der Waals surface area contributed by atoms with Gasteiger partial charge in [-0.05, 0) is 45.2 Å². The molecule has 1 aromatic heterocycles. The zero-order valence-corrected chi connectivity index (χ0v) is 16.6. The minimum absolute atomic E-state index is 0.0895. The zero-order chi connectivity index (χ0) is 20.3. The summed E-state index contributed by atoms with van der Waals surface area (Å²) < 4.78 is 7.55. The quantitative estimate of drug-likeness (QED) is 0.826. The molecule has 1 amide bonds. The summed E-state index contributed by atoms with van der Waals surface area (Å²) in [7, 11) is 0. The van der Waals surface area contributed by atoms with Gasteiger partial charge in [-0.25, -0.2) is 4.79 Å².